The van der Waals surface area contributed by atoms with E-state index in [1.165, 1.54) is 6.20 Å². The number of rotatable bonds is 5. The van der Waals surface area contributed by atoms with Crippen LogP contribution in [0.15, 0.2) is 22.8 Å². The summed E-state index contributed by atoms with van der Waals surface area (Å²) in [5, 5.41) is 2.50. The maximum atomic E-state index is 12.7. The zero-order valence-corrected chi connectivity index (χ0v) is 11.0. The predicted molar refractivity (Wildman–Crippen MR) is 63.8 cm³/mol. The molecule has 1 aromatic rings. The van der Waals surface area contributed by atoms with Crippen molar-refractivity contribution < 1.29 is 13.2 Å². The molecule has 1 N–H and O–H groups in total. The molecule has 1 heterocycles. The Morgan fingerprint density at radius 1 is 1.41 bits per heavy atom. The van der Waals surface area contributed by atoms with E-state index in [1.54, 1.807) is 12.1 Å². The Hall–Kier alpha value is -0.620. The topological polar surface area (TPSA) is 24.9 Å². The highest BCUT2D eigenvalue weighted by atomic mass is 79.9. The number of hydrogen-bond donors (Lipinski definition) is 1. The van der Waals surface area contributed by atoms with Crippen molar-refractivity contribution in [2.24, 2.45) is 0 Å². The van der Waals surface area contributed by atoms with Gasteiger partial charge in [-0.3, -0.25) is 4.98 Å². The lowest BCUT2D eigenvalue weighted by atomic mass is 10.1. The zero-order chi connectivity index (χ0) is 12.9. The summed E-state index contributed by atoms with van der Waals surface area (Å²) in [6.07, 6.45) is -2.22. The number of nitrogens with zero attached hydrogens (tertiary/aromatic N) is 1. The Kier molecular flexibility index (Phi) is 5.39. The molecule has 0 radical (unpaired) electrons. The lowest BCUT2D eigenvalue weighted by Crippen LogP contribution is -2.44. The van der Waals surface area contributed by atoms with Crippen molar-refractivity contribution in [2.45, 2.75) is 32.0 Å². The fraction of sp³-hybridized carbons (Fsp3) is 0.545. The van der Waals surface area contributed by atoms with E-state index >= 15 is 0 Å². The summed E-state index contributed by atoms with van der Waals surface area (Å²) in [5.74, 6) is 0. The summed E-state index contributed by atoms with van der Waals surface area (Å²) < 4.78 is 38.9. The molecule has 0 bridgehead atoms. The average Bonchev–Trinajstić information content (AvgIpc) is 2.25. The minimum absolute atomic E-state index is 0.142. The van der Waals surface area contributed by atoms with E-state index in [4.69, 9.17) is 0 Å². The van der Waals surface area contributed by atoms with Gasteiger partial charge in [-0.15, -0.1) is 0 Å². The van der Waals surface area contributed by atoms with Gasteiger partial charge in [0.2, 0.25) is 0 Å². The van der Waals surface area contributed by atoms with E-state index in [-0.39, 0.29) is 6.42 Å². The summed E-state index contributed by atoms with van der Waals surface area (Å²) >= 11 is 3.19. The monoisotopic (exact) mass is 310 g/mol. The van der Waals surface area contributed by atoms with Crippen molar-refractivity contribution in [3.8, 4) is 0 Å². The van der Waals surface area contributed by atoms with E-state index in [2.05, 4.69) is 26.2 Å². The molecular weight excluding hydrogens is 297 g/mol. The van der Waals surface area contributed by atoms with Gasteiger partial charge < -0.3 is 5.32 Å². The van der Waals surface area contributed by atoms with Crippen LogP contribution in [0.4, 0.5) is 13.2 Å². The quantitative estimate of drug-likeness (QED) is 0.902. The number of aromatic nitrogens is 1. The summed E-state index contributed by atoms with van der Waals surface area (Å²) in [7, 11) is 0. The Labute approximate surface area is 107 Å². The highest BCUT2D eigenvalue weighted by Crippen LogP contribution is 2.23. The van der Waals surface area contributed by atoms with E-state index in [1.807, 2.05) is 6.92 Å². The largest absolute Gasteiger partial charge is 0.404 e. The van der Waals surface area contributed by atoms with Crippen molar-refractivity contribution in [2.75, 3.05) is 6.54 Å². The van der Waals surface area contributed by atoms with Crippen molar-refractivity contribution in [3.63, 3.8) is 0 Å². The van der Waals surface area contributed by atoms with Crippen LogP contribution in [0.5, 0.6) is 0 Å². The molecule has 0 aliphatic carbocycles. The van der Waals surface area contributed by atoms with E-state index < -0.39 is 12.2 Å². The van der Waals surface area contributed by atoms with Crippen LogP contribution < -0.4 is 5.32 Å². The Morgan fingerprint density at radius 2 is 2.12 bits per heavy atom. The molecule has 0 saturated heterocycles. The summed E-state index contributed by atoms with van der Waals surface area (Å²) in [6.45, 7) is 2.18. The Balaban J connectivity index is 2.68. The molecule has 0 amide bonds. The molecule has 6 heteroatoms. The van der Waals surface area contributed by atoms with E-state index in [9.17, 15) is 13.2 Å². The van der Waals surface area contributed by atoms with Gasteiger partial charge in [0.05, 0.1) is 0 Å². The normalized spacial score (nSPS) is 13.7. The first-order valence-corrected chi connectivity index (χ1v) is 6.13. The zero-order valence-electron chi connectivity index (χ0n) is 9.39. The summed E-state index contributed by atoms with van der Waals surface area (Å²) in [4.78, 5) is 3.95. The smallest absolute Gasteiger partial charge is 0.306 e. The highest BCUT2D eigenvalue weighted by molar-refractivity contribution is 9.10. The number of halogens is 4. The average molecular weight is 311 g/mol. The number of nitrogens with one attached hydrogen (secondary N) is 1. The van der Waals surface area contributed by atoms with Crippen LogP contribution in [-0.4, -0.2) is 23.7 Å². The van der Waals surface area contributed by atoms with Crippen LogP contribution in [0.1, 0.15) is 19.0 Å². The first-order valence-electron chi connectivity index (χ1n) is 5.34. The van der Waals surface area contributed by atoms with Crippen molar-refractivity contribution in [1.82, 2.24) is 10.3 Å². The third-order valence-electron chi connectivity index (χ3n) is 2.24. The van der Waals surface area contributed by atoms with Gasteiger partial charge in [0.1, 0.15) is 6.04 Å². The standard InChI is InChI=1S/C11H14BrF3N2/c1-2-5-16-10(11(13,14)15)6-9-4-3-8(12)7-17-9/h3-4,7,10,16H,2,5-6H2,1H3. The molecule has 1 rings (SSSR count). The SMILES string of the molecule is CCCNC(Cc1ccc(Br)cn1)C(F)(F)F. The molecule has 0 aromatic carbocycles. The van der Waals surface area contributed by atoms with Crippen LogP contribution in [0.25, 0.3) is 0 Å². The molecule has 0 spiro atoms. The number of alkyl halides is 3. The molecular formula is C11H14BrF3N2. The molecule has 1 aromatic heterocycles. The fourth-order valence-electron chi connectivity index (χ4n) is 1.36. The maximum Gasteiger partial charge on any atom is 0.404 e. The first kappa shape index (κ1) is 14.4. The summed E-state index contributed by atoms with van der Waals surface area (Å²) in [6, 6.07) is 1.75. The second-order valence-electron chi connectivity index (χ2n) is 3.72. The van der Waals surface area contributed by atoms with Crippen LogP contribution in [0, 0.1) is 0 Å². The van der Waals surface area contributed by atoms with Gasteiger partial charge in [-0.25, -0.2) is 0 Å². The second-order valence-corrected chi connectivity index (χ2v) is 4.64. The molecule has 1 atom stereocenters. The van der Waals surface area contributed by atoms with Crippen LogP contribution >= 0.6 is 15.9 Å². The third kappa shape index (κ3) is 5.04. The van der Waals surface area contributed by atoms with Crippen LogP contribution in [-0.2, 0) is 6.42 Å². The van der Waals surface area contributed by atoms with Gasteiger partial charge in [-0.1, -0.05) is 6.92 Å². The Morgan fingerprint density at radius 3 is 2.59 bits per heavy atom. The van der Waals surface area contributed by atoms with Crippen molar-refractivity contribution in [3.05, 3.63) is 28.5 Å². The minimum atomic E-state index is -4.25. The highest BCUT2D eigenvalue weighted by Gasteiger charge is 2.39. The number of hydrogen-bond acceptors (Lipinski definition) is 2. The van der Waals surface area contributed by atoms with Crippen LogP contribution in [0.2, 0.25) is 0 Å². The van der Waals surface area contributed by atoms with Gasteiger partial charge in [0, 0.05) is 22.8 Å². The molecule has 0 aliphatic rings. The lowest BCUT2D eigenvalue weighted by molar-refractivity contribution is -0.155. The molecule has 0 fully saturated rings. The third-order valence-corrected chi connectivity index (χ3v) is 2.71. The molecule has 17 heavy (non-hydrogen) atoms. The lowest BCUT2D eigenvalue weighted by Gasteiger charge is -2.21. The van der Waals surface area contributed by atoms with Crippen LogP contribution in [0.3, 0.4) is 0 Å². The maximum absolute atomic E-state index is 12.7. The minimum Gasteiger partial charge on any atom is -0.306 e. The molecule has 2 nitrogen and oxygen atoms in total. The van der Waals surface area contributed by atoms with E-state index in [0.29, 0.717) is 18.7 Å². The van der Waals surface area contributed by atoms with Crippen molar-refractivity contribution in [1.29, 1.82) is 0 Å². The molecule has 96 valence electrons. The second kappa shape index (κ2) is 6.35. The fourth-order valence-corrected chi connectivity index (χ4v) is 1.59. The van der Waals surface area contributed by atoms with Gasteiger partial charge in [-0.05, 0) is 41.0 Å². The summed E-state index contributed by atoms with van der Waals surface area (Å²) in [5.41, 5.74) is 0.430. The van der Waals surface area contributed by atoms with Gasteiger partial charge >= 0.3 is 6.18 Å². The van der Waals surface area contributed by atoms with Gasteiger partial charge in [0.15, 0.2) is 0 Å². The molecule has 0 saturated carbocycles. The molecule has 1 unspecified atom stereocenters. The predicted octanol–water partition coefficient (Wildman–Crippen LogP) is 3.32. The van der Waals surface area contributed by atoms with Gasteiger partial charge in [0.25, 0.3) is 0 Å². The van der Waals surface area contributed by atoms with Crippen molar-refractivity contribution >= 4 is 15.9 Å². The molecule has 0 aliphatic heterocycles. The van der Waals surface area contributed by atoms with Gasteiger partial charge in [-0.2, -0.15) is 13.2 Å². The van der Waals surface area contributed by atoms with E-state index in [0.717, 1.165) is 4.47 Å². The Bertz CT molecular complexity index is 338. The first-order chi connectivity index (χ1) is 7.93. The number of pyridine rings is 1.